The average Bonchev–Trinajstić information content (AvgIpc) is 3.06. The third-order valence-electron chi connectivity index (χ3n) is 4.83. The number of rotatable bonds is 4. The number of carbonyl (C=O) groups excluding carboxylic acids is 1. The summed E-state index contributed by atoms with van der Waals surface area (Å²) in [5.41, 5.74) is 1.40. The maximum Gasteiger partial charge on any atom is 0.308 e. The van der Waals surface area contributed by atoms with Crippen molar-refractivity contribution >= 4 is 11.9 Å². The number of hydrogen-bond donors (Lipinski definition) is 1. The minimum atomic E-state index is -0.775. The number of likely N-dealkylation sites (tertiary alicyclic amines) is 1. The van der Waals surface area contributed by atoms with Crippen LogP contribution in [0.25, 0.3) is 0 Å². The SMILES string of the molecule is CC(C)c1nn(C)cc1C(=O)N1C[C@H](C(=O)O)[C@@H](C2CC2)C1. The lowest BCUT2D eigenvalue weighted by Gasteiger charge is -2.16. The van der Waals surface area contributed by atoms with Crippen LogP contribution in [-0.4, -0.2) is 44.8 Å². The topological polar surface area (TPSA) is 75.4 Å². The van der Waals surface area contributed by atoms with Crippen molar-refractivity contribution in [1.82, 2.24) is 14.7 Å². The van der Waals surface area contributed by atoms with Crippen LogP contribution in [0.5, 0.6) is 0 Å². The van der Waals surface area contributed by atoms with Gasteiger partial charge in [0.05, 0.1) is 17.2 Å². The van der Waals surface area contributed by atoms with Crippen LogP contribution in [0.4, 0.5) is 0 Å². The van der Waals surface area contributed by atoms with Crippen LogP contribution >= 0.6 is 0 Å². The van der Waals surface area contributed by atoms with Crippen LogP contribution in [-0.2, 0) is 11.8 Å². The summed E-state index contributed by atoms with van der Waals surface area (Å²) >= 11 is 0. The third kappa shape index (κ3) is 2.62. The molecule has 3 rings (SSSR count). The standard InChI is InChI=1S/C16H23N3O3/c1-9(2)14-13(6-18(3)17-14)15(20)19-7-11(10-4-5-10)12(8-19)16(21)22/h6,9-12H,4-5,7-8H2,1-3H3,(H,21,22)/t11-,12+/m1/s1. The molecule has 1 amide bonds. The van der Waals surface area contributed by atoms with E-state index in [4.69, 9.17) is 0 Å². The highest BCUT2D eigenvalue weighted by Crippen LogP contribution is 2.44. The van der Waals surface area contributed by atoms with Gasteiger partial charge in [0.2, 0.25) is 0 Å². The van der Waals surface area contributed by atoms with Crippen molar-refractivity contribution in [2.75, 3.05) is 13.1 Å². The van der Waals surface area contributed by atoms with E-state index in [0.717, 1.165) is 18.5 Å². The highest BCUT2D eigenvalue weighted by Gasteiger charge is 2.47. The van der Waals surface area contributed by atoms with Crippen molar-refractivity contribution in [2.24, 2.45) is 24.8 Å². The maximum absolute atomic E-state index is 12.8. The van der Waals surface area contributed by atoms with E-state index in [2.05, 4.69) is 5.10 Å². The molecule has 2 atom stereocenters. The molecule has 1 aliphatic heterocycles. The van der Waals surface area contributed by atoms with Crippen molar-refractivity contribution in [1.29, 1.82) is 0 Å². The molecule has 1 aromatic heterocycles. The second-order valence-corrected chi connectivity index (χ2v) is 6.91. The first kappa shape index (κ1) is 15.1. The van der Waals surface area contributed by atoms with Crippen molar-refractivity contribution in [2.45, 2.75) is 32.6 Å². The summed E-state index contributed by atoms with van der Waals surface area (Å²) in [4.78, 5) is 26.0. The number of nitrogens with zero attached hydrogens (tertiary/aromatic N) is 3. The van der Waals surface area contributed by atoms with Gasteiger partial charge in [0.15, 0.2) is 0 Å². The molecule has 22 heavy (non-hydrogen) atoms. The highest BCUT2D eigenvalue weighted by atomic mass is 16.4. The molecule has 2 aliphatic rings. The molecule has 0 bridgehead atoms. The second kappa shape index (κ2) is 5.41. The van der Waals surface area contributed by atoms with E-state index in [0.29, 0.717) is 24.6 Å². The Morgan fingerprint density at radius 3 is 2.55 bits per heavy atom. The molecule has 6 heteroatoms. The minimum Gasteiger partial charge on any atom is -0.481 e. The summed E-state index contributed by atoms with van der Waals surface area (Å²) in [7, 11) is 1.81. The zero-order valence-corrected chi connectivity index (χ0v) is 13.3. The molecule has 6 nitrogen and oxygen atoms in total. The Bertz CT molecular complexity index is 604. The lowest BCUT2D eigenvalue weighted by molar-refractivity contribution is -0.142. The van der Waals surface area contributed by atoms with Crippen molar-refractivity contribution in [3.8, 4) is 0 Å². The molecule has 1 N–H and O–H groups in total. The zero-order chi connectivity index (χ0) is 16.0. The molecule has 1 saturated carbocycles. The Hall–Kier alpha value is -1.85. The monoisotopic (exact) mass is 305 g/mol. The quantitative estimate of drug-likeness (QED) is 0.919. The first-order chi connectivity index (χ1) is 10.4. The van der Waals surface area contributed by atoms with Gasteiger partial charge in [-0.15, -0.1) is 0 Å². The summed E-state index contributed by atoms with van der Waals surface area (Å²) in [6.07, 6.45) is 3.94. The van der Waals surface area contributed by atoms with Gasteiger partial charge in [-0.3, -0.25) is 14.3 Å². The molecule has 1 aliphatic carbocycles. The van der Waals surface area contributed by atoms with Gasteiger partial charge in [-0.2, -0.15) is 5.10 Å². The Balaban J connectivity index is 1.82. The van der Waals surface area contributed by atoms with Crippen molar-refractivity contribution in [3.63, 3.8) is 0 Å². The Labute approximate surface area is 130 Å². The fraction of sp³-hybridized carbons (Fsp3) is 0.688. The van der Waals surface area contributed by atoms with Crippen LogP contribution in [0.1, 0.15) is 48.7 Å². The summed E-state index contributed by atoms with van der Waals surface area (Å²) in [6, 6.07) is 0. The maximum atomic E-state index is 12.8. The van der Waals surface area contributed by atoms with Gasteiger partial charge in [-0.05, 0) is 30.6 Å². The van der Waals surface area contributed by atoms with Crippen LogP contribution < -0.4 is 0 Å². The van der Waals surface area contributed by atoms with Crippen LogP contribution in [0.3, 0.4) is 0 Å². The first-order valence-corrected chi connectivity index (χ1v) is 7.94. The van der Waals surface area contributed by atoms with E-state index in [1.807, 2.05) is 13.8 Å². The third-order valence-corrected chi connectivity index (χ3v) is 4.83. The van der Waals surface area contributed by atoms with E-state index in [-0.39, 0.29) is 17.7 Å². The van der Waals surface area contributed by atoms with Gasteiger partial charge in [0.25, 0.3) is 5.91 Å². The Morgan fingerprint density at radius 1 is 1.32 bits per heavy atom. The molecular weight excluding hydrogens is 282 g/mol. The van der Waals surface area contributed by atoms with Gasteiger partial charge in [-0.1, -0.05) is 13.8 Å². The summed E-state index contributed by atoms with van der Waals surface area (Å²) in [5, 5.41) is 13.8. The molecule has 2 fully saturated rings. The number of aryl methyl sites for hydroxylation is 1. The molecule has 1 saturated heterocycles. The largest absolute Gasteiger partial charge is 0.481 e. The molecule has 1 aromatic rings. The van der Waals surface area contributed by atoms with Gasteiger partial charge in [-0.25, -0.2) is 0 Å². The molecule has 2 heterocycles. The van der Waals surface area contributed by atoms with E-state index in [1.54, 1.807) is 22.8 Å². The lowest BCUT2D eigenvalue weighted by Crippen LogP contribution is -2.30. The fourth-order valence-corrected chi connectivity index (χ4v) is 3.53. The van der Waals surface area contributed by atoms with Crippen LogP contribution in [0.2, 0.25) is 0 Å². The predicted octanol–water partition coefficient (Wildman–Crippen LogP) is 1.73. The first-order valence-electron chi connectivity index (χ1n) is 7.94. The number of carboxylic acid groups (broad SMARTS) is 1. The summed E-state index contributed by atoms with van der Waals surface area (Å²) in [6.45, 7) is 4.90. The van der Waals surface area contributed by atoms with Gasteiger partial charge >= 0.3 is 5.97 Å². The molecule has 120 valence electrons. The average molecular weight is 305 g/mol. The smallest absolute Gasteiger partial charge is 0.308 e. The van der Waals surface area contributed by atoms with E-state index < -0.39 is 11.9 Å². The number of carbonyl (C=O) groups is 2. The summed E-state index contributed by atoms with van der Waals surface area (Å²) in [5.74, 6) is -0.514. The number of hydrogen-bond acceptors (Lipinski definition) is 3. The highest BCUT2D eigenvalue weighted by molar-refractivity contribution is 5.96. The van der Waals surface area contributed by atoms with Gasteiger partial charge in [0.1, 0.15) is 0 Å². The number of amides is 1. The van der Waals surface area contributed by atoms with E-state index >= 15 is 0 Å². The summed E-state index contributed by atoms with van der Waals surface area (Å²) < 4.78 is 1.66. The molecule has 0 radical (unpaired) electrons. The number of aromatic nitrogens is 2. The molecular formula is C16H23N3O3. The number of aliphatic carboxylic acids is 1. The second-order valence-electron chi connectivity index (χ2n) is 6.91. The van der Waals surface area contributed by atoms with E-state index in [1.165, 1.54) is 0 Å². The van der Waals surface area contributed by atoms with Crippen molar-refractivity contribution in [3.05, 3.63) is 17.5 Å². The Morgan fingerprint density at radius 2 is 2.00 bits per heavy atom. The van der Waals surface area contributed by atoms with Gasteiger partial charge in [0, 0.05) is 26.3 Å². The molecule has 0 unspecified atom stereocenters. The minimum absolute atomic E-state index is 0.0776. The normalized spacial score (nSPS) is 25.0. The van der Waals surface area contributed by atoms with Crippen LogP contribution in [0, 0.1) is 17.8 Å². The van der Waals surface area contributed by atoms with E-state index in [9.17, 15) is 14.7 Å². The Kier molecular flexibility index (Phi) is 3.70. The van der Waals surface area contributed by atoms with Gasteiger partial charge < -0.3 is 10.0 Å². The van der Waals surface area contributed by atoms with Crippen molar-refractivity contribution < 1.29 is 14.7 Å². The zero-order valence-electron chi connectivity index (χ0n) is 13.3. The number of carboxylic acids is 1. The fourth-order valence-electron chi connectivity index (χ4n) is 3.53. The van der Waals surface area contributed by atoms with Crippen LogP contribution in [0.15, 0.2) is 6.20 Å². The predicted molar refractivity (Wildman–Crippen MR) is 80.5 cm³/mol. The molecule has 0 aromatic carbocycles. The lowest BCUT2D eigenvalue weighted by atomic mass is 9.92. The molecule has 0 spiro atoms.